The molecule has 3 nitrogen and oxygen atoms in total. The van der Waals surface area contributed by atoms with Crippen molar-refractivity contribution in [2.24, 2.45) is 0 Å². The van der Waals surface area contributed by atoms with Crippen molar-refractivity contribution in [3.63, 3.8) is 0 Å². The number of anilines is 1. The number of rotatable bonds is 4. The SMILES string of the molecule is CCCCC(=O)N1CCN(c2c(C)cccc2C)CC1. The fourth-order valence-corrected chi connectivity index (χ4v) is 2.97. The summed E-state index contributed by atoms with van der Waals surface area (Å²) in [6.07, 6.45) is 2.81. The molecule has 0 aliphatic carbocycles. The quantitative estimate of drug-likeness (QED) is 0.842. The van der Waals surface area contributed by atoms with Crippen molar-refractivity contribution in [1.82, 2.24) is 4.90 Å². The number of hydrogen-bond acceptors (Lipinski definition) is 2. The lowest BCUT2D eigenvalue weighted by atomic mass is 10.1. The lowest BCUT2D eigenvalue weighted by molar-refractivity contribution is -0.131. The van der Waals surface area contributed by atoms with Gasteiger partial charge in [-0.05, 0) is 31.4 Å². The number of hydrogen-bond donors (Lipinski definition) is 0. The van der Waals surface area contributed by atoms with Crippen LogP contribution in [0.1, 0.15) is 37.3 Å². The standard InChI is InChI=1S/C17H26N2O/c1-4-5-9-16(20)18-10-12-19(13-11-18)17-14(2)7-6-8-15(17)3/h6-8H,4-5,9-13H2,1-3H3. The summed E-state index contributed by atoms with van der Waals surface area (Å²) in [7, 11) is 0. The van der Waals surface area contributed by atoms with Gasteiger partial charge in [0.05, 0.1) is 0 Å². The molecule has 3 heteroatoms. The second kappa shape index (κ2) is 6.78. The highest BCUT2D eigenvalue weighted by Gasteiger charge is 2.22. The van der Waals surface area contributed by atoms with Crippen molar-refractivity contribution in [2.45, 2.75) is 40.0 Å². The normalized spacial score (nSPS) is 15.6. The molecule has 1 heterocycles. The smallest absolute Gasteiger partial charge is 0.222 e. The van der Waals surface area contributed by atoms with Crippen LogP contribution in [-0.2, 0) is 4.79 Å². The van der Waals surface area contributed by atoms with Crippen LogP contribution in [0.3, 0.4) is 0 Å². The number of carbonyl (C=O) groups is 1. The maximum atomic E-state index is 12.0. The number of para-hydroxylation sites is 1. The Morgan fingerprint density at radius 2 is 1.70 bits per heavy atom. The predicted molar refractivity (Wildman–Crippen MR) is 84.2 cm³/mol. The van der Waals surface area contributed by atoms with E-state index in [0.29, 0.717) is 12.3 Å². The van der Waals surface area contributed by atoms with E-state index in [1.807, 2.05) is 4.90 Å². The molecule has 0 N–H and O–H groups in total. The highest BCUT2D eigenvalue weighted by Crippen LogP contribution is 2.25. The summed E-state index contributed by atoms with van der Waals surface area (Å²) >= 11 is 0. The molecule has 1 saturated heterocycles. The van der Waals surface area contributed by atoms with Gasteiger partial charge in [-0.1, -0.05) is 31.5 Å². The van der Waals surface area contributed by atoms with E-state index in [2.05, 4.69) is 43.9 Å². The Balaban J connectivity index is 1.96. The fraction of sp³-hybridized carbons (Fsp3) is 0.588. The summed E-state index contributed by atoms with van der Waals surface area (Å²) in [5.74, 6) is 0.327. The molecule has 1 amide bonds. The largest absolute Gasteiger partial charge is 0.368 e. The molecule has 0 atom stereocenters. The third-order valence-electron chi connectivity index (χ3n) is 4.13. The first-order chi connectivity index (χ1) is 9.63. The van der Waals surface area contributed by atoms with Gasteiger partial charge in [-0.2, -0.15) is 0 Å². The number of amides is 1. The predicted octanol–water partition coefficient (Wildman–Crippen LogP) is 3.14. The molecule has 0 radical (unpaired) electrons. The molecule has 2 rings (SSSR count). The van der Waals surface area contributed by atoms with E-state index in [0.717, 1.165) is 39.0 Å². The van der Waals surface area contributed by atoms with Crippen molar-refractivity contribution in [3.05, 3.63) is 29.3 Å². The third-order valence-corrected chi connectivity index (χ3v) is 4.13. The highest BCUT2D eigenvalue weighted by atomic mass is 16.2. The molecule has 110 valence electrons. The summed E-state index contributed by atoms with van der Waals surface area (Å²) in [5, 5.41) is 0. The van der Waals surface area contributed by atoms with E-state index in [4.69, 9.17) is 0 Å². The van der Waals surface area contributed by atoms with Crippen LogP contribution in [0.15, 0.2) is 18.2 Å². The van der Waals surface area contributed by atoms with Gasteiger partial charge in [0, 0.05) is 38.3 Å². The average molecular weight is 274 g/mol. The van der Waals surface area contributed by atoms with E-state index in [9.17, 15) is 4.79 Å². The molecule has 1 aromatic rings. The minimum Gasteiger partial charge on any atom is -0.368 e. The van der Waals surface area contributed by atoms with Crippen LogP contribution < -0.4 is 4.90 Å². The molecule has 0 saturated carbocycles. The van der Waals surface area contributed by atoms with Crippen LogP contribution in [0, 0.1) is 13.8 Å². The summed E-state index contributed by atoms with van der Waals surface area (Å²) < 4.78 is 0. The summed E-state index contributed by atoms with van der Waals surface area (Å²) in [6.45, 7) is 10.1. The van der Waals surface area contributed by atoms with E-state index in [-0.39, 0.29) is 0 Å². The zero-order valence-electron chi connectivity index (χ0n) is 13.0. The van der Waals surface area contributed by atoms with E-state index in [1.54, 1.807) is 0 Å². The zero-order chi connectivity index (χ0) is 14.5. The van der Waals surface area contributed by atoms with Gasteiger partial charge >= 0.3 is 0 Å². The molecule has 1 aromatic carbocycles. The van der Waals surface area contributed by atoms with Gasteiger partial charge in [-0.3, -0.25) is 4.79 Å². The summed E-state index contributed by atoms with van der Waals surface area (Å²) in [6, 6.07) is 6.45. The molecule has 20 heavy (non-hydrogen) atoms. The van der Waals surface area contributed by atoms with Crippen LogP contribution in [-0.4, -0.2) is 37.0 Å². The van der Waals surface area contributed by atoms with Crippen molar-refractivity contribution >= 4 is 11.6 Å². The Morgan fingerprint density at radius 1 is 1.10 bits per heavy atom. The second-order valence-corrected chi connectivity index (χ2v) is 5.71. The van der Waals surface area contributed by atoms with Crippen LogP contribution >= 0.6 is 0 Å². The number of unbranched alkanes of at least 4 members (excludes halogenated alkanes) is 1. The number of benzene rings is 1. The zero-order valence-corrected chi connectivity index (χ0v) is 13.0. The van der Waals surface area contributed by atoms with Gasteiger partial charge in [0.15, 0.2) is 0 Å². The van der Waals surface area contributed by atoms with Crippen molar-refractivity contribution in [1.29, 1.82) is 0 Å². The maximum absolute atomic E-state index is 12.0. The Kier molecular flexibility index (Phi) is 5.05. The van der Waals surface area contributed by atoms with Gasteiger partial charge in [0.1, 0.15) is 0 Å². The molecule has 0 spiro atoms. The monoisotopic (exact) mass is 274 g/mol. The average Bonchev–Trinajstić information content (AvgIpc) is 2.45. The Hall–Kier alpha value is -1.51. The Morgan fingerprint density at radius 3 is 2.25 bits per heavy atom. The molecule has 0 unspecified atom stereocenters. The topological polar surface area (TPSA) is 23.6 Å². The van der Waals surface area contributed by atoms with E-state index >= 15 is 0 Å². The Labute approximate surface area is 122 Å². The van der Waals surface area contributed by atoms with Gasteiger partial charge in [-0.25, -0.2) is 0 Å². The molecular weight excluding hydrogens is 248 g/mol. The third kappa shape index (κ3) is 3.33. The van der Waals surface area contributed by atoms with Crippen LogP contribution in [0.2, 0.25) is 0 Å². The molecule has 0 bridgehead atoms. The first kappa shape index (κ1) is 14.9. The molecule has 1 aliphatic rings. The minimum absolute atomic E-state index is 0.327. The van der Waals surface area contributed by atoms with Crippen molar-refractivity contribution < 1.29 is 4.79 Å². The van der Waals surface area contributed by atoms with Crippen LogP contribution in [0.4, 0.5) is 5.69 Å². The van der Waals surface area contributed by atoms with Crippen LogP contribution in [0.5, 0.6) is 0 Å². The molecular formula is C17H26N2O. The van der Waals surface area contributed by atoms with Crippen molar-refractivity contribution in [2.75, 3.05) is 31.1 Å². The first-order valence-corrected chi connectivity index (χ1v) is 7.72. The molecule has 1 fully saturated rings. The lowest BCUT2D eigenvalue weighted by Gasteiger charge is -2.37. The maximum Gasteiger partial charge on any atom is 0.222 e. The van der Waals surface area contributed by atoms with Gasteiger partial charge < -0.3 is 9.80 Å². The van der Waals surface area contributed by atoms with E-state index < -0.39 is 0 Å². The summed E-state index contributed by atoms with van der Waals surface area (Å²) in [4.78, 5) is 16.5. The minimum atomic E-state index is 0.327. The lowest BCUT2D eigenvalue weighted by Crippen LogP contribution is -2.49. The fourth-order valence-electron chi connectivity index (χ4n) is 2.97. The van der Waals surface area contributed by atoms with Crippen molar-refractivity contribution in [3.8, 4) is 0 Å². The van der Waals surface area contributed by atoms with E-state index in [1.165, 1.54) is 16.8 Å². The molecule has 1 aliphatic heterocycles. The second-order valence-electron chi connectivity index (χ2n) is 5.71. The first-order valence-electron chi connectivity index (χ1n) is 7.72. The molecule has 0 aromatic heterocycles. The van der Waals surface area contributed by atoms with Gasteiger partial charge in [-0.15, -0.1) is 0 Å². The van der Waals surface area contributed by atoms with Crippen LogP contribution in [0.25, 0.3) is 0 Å². The van der Waals surface area contributed by atoms with Gasteiger partial charge in [0.2, 0.25) is 5.91 Å². The highest BCUT2D eigenvalue weighted by molar-refractivity contribution is 5.76. The Bertz CT molecular complexity index is 442. The number of carbonyl (C=O) groups excluding carboxylic acids is 1. The summed E-state index contributed by atoms with van der Waals surface area (Å²) in [5.41, 5.74) is 4.01. The number of nitrogens with zero attached hydrogens (tertiary/aromatic N) is 2. The van der Waals surface area contributed by atoms with Gasteiger partial charge in [0.25, 0.3) is 0 Å². The number of piperazine rings is 1. The number of aryl methyl sites for hydroxylation is 2.